The summed E-state index contributed by atoms with van der Waals surface area (Å²) >= 11 is 1.38. The number of carbonyl (C=O) groups is 1. The maximum absolute atomic E-state index is 12.8. The molecule has 2 aromatic heterocycles. The number of nitrogens with zero attached hydrogens (tertiary/aromatic N) is 5. The van der Waals surface area contributed by atoms with Crippen LogP contribution >= 0.6 is 11.8 Å². The lowest BCUT2D eigenvalue weighted by Gasteiger charge is -2.24. The van der Waals surface area contributed by atoms with Gasteiger partial charge in [0.15, 0.2) is 5.78 Å². The van der Waals surface area contributed by atoms with Gasteiger partial charge in [-0.1, -0.05) is 53.7 Å². The number of hydrogen-bond acceptors (Lipinski definition) is 7. The number of benzene rings is 2. The number of non-ortho nitro benzene ring substituents is 1. The van der Waals surface area contributed by atoms with E-state index in [4.69, 9.17) is 0 Å². The van der Waals surface area contributed by atoms with Crippen molar-refractivity contribution in [3.05, 3.63) is 92.8 Å². The summed E-state index contributed by atoms with van der Waals surface area (Å²) in [6.07, 6.45) is 2.73. The monoisotopic (exact) mass is 445 g/mol. The predicted octanol–water partition coefficient (Wildman–Crippen LogP) is 4.55. The third-order valence-corrected chi connectivity index (χ3v) is 6.53. The smallest absolute Gasteiger partial charge is 0.269 e. The van der Waals surface area contributed by atoms with E-state index in [1.165, 1.54) is 23.4 Å². The van der Waals surface area contributed by atoms with Gasteiger partial charge in [-0.2, -0.15) is 9.50 Å². The average Bonchev–Trinajstić information content (AvgIpc) is 3.21. The van der Waals surface area contributed by atoms with Gasteiger partial charge in [0, 0.05) is 30.5 Å². The minimum Gasteiger partial charge on any atom is -0.294 e. The van der Waals surface area contributed by atoms with E-state index in [1.807, 2.05) is 25.1 Å². The van der Waals surface area contributed by atoms with Crippen LogP contribution in [0.2, 0.25) is 0 Å². The highest BCUT2D eigenvalue weighted by Crippen LogP contribution is 2.33. The summed E-state index contributed by atoms with van der Waals surface area (Å²) in [6.45, 7) is 2.05. The molecule has 0 radical (unpaired) electrons. The summed E-state index contributed by atoms with van der Waals surface area (Å²) in [5, 5.41) is 16.1. The summed E-state index contributed by atoms with van der Waals surface area (Å²) in [5.74, 6) is 1.09. The van der Waals surface area contributed by atoms with Gasteiger partial charge in [0.1, 0.15) is 0 Å². The summed E-state index contributed by atoms with van der Waals surface area (Å²) in [5.41, 5.74) is 4.61. The molecule has 32 heavy (non-hydrogen) atoms. The van der Waals surface area contributed by atoms with E-state index in [1.54, 1.807) is 22.8 Å². The number of aryl methyl sites for hydroxylation is 1. The Bertz CT molecular complexity index is 1370. The molecule has 0 saturated carbocycles. The first-order chi connectivity index (χ1) is 15.5. The highest BCUT2D eigenvalue weighted by Gasteiger charge is 2.29. The number of rotatable bonds is 5. The number of nitro benzene ring substituents is 1. The molecule has 2 heterocycles. The van der Waals surface area contributed by atoms with Crippen molar-refractivity contribution in [2.45, 2.75) is 36.6 Å². The van der Waals surface area contributed by atoms with Crippen LogP contribution in [0.5, 0.6) is 0 Å². The van der Waals surface area contributed by atoms with Gasteiger partial charge in [0.2, 0.25) is 5.16 Å². The first kappa shape index (κ1) is 20.3. The molecule has 1 atom stereocenters. The molecule has 0 spiro atoms. The average molecular weight is 446 g/mol. The molecule has 0 saturated heterocycles. The first-order valence-corrected chi connectivity index (χ1v) is 11.2. The van der Waals surface area contributed by atoms with E-state index in [2.05, 4.69) is 27.2 Å². The zero-order chi connectivity index (χ0) is 22.2. The van der Waals surface area contributed by atoms with Gasteiger partial charge in [-0.15, -0.1) is 5.10 Å². The van der Waals surface area contributed by atoms with E-state index in [0.717, 1.165) is 16.8 Å². The number of hydrogen-bond donors (Lipinski definition) is 0. The summed E-state index contributed by atoms with van der Waals surface area (Å²) < 4.78 is 1.67. The van der Waals surface area contributed by atoms with Crippen LogP contribution in [-0.4, -0.2) is 30.3 Å². The highest BCUT2D eigenvalue weighted by atomic mass is 32.2. The van der Waals surface area contributed by atoms with Gasteiger partial charge >= 0.3 is 0 Å². The van der Waals surface area contributed by atoms with Crippen molar-refractivity contribution < 1.29 is 9.72 Å². The normalized spacial score (nSPS) is 15.7. The molecule has 0 fully saturated rings. The number of ketones is 1. The fourth-order valence-corrected chi connectivity index (χ4v) is 4.82. The molecule has 5 rings (SSSR count). The Labute approximate surface area is 187 Å². The Morgan fingerprint density at radius 2 is 2.03 bits per heavy atom. The number of nitro groups is 1. The number of fused-ring (bicyclic) bond motifs is 3. The Hall–Kier alpha value is -3.59. The van der Waals surface area contributed by atoms with Crippen molar-refractivity contribution in [1.29, 1.82) is 0 Å². The third kappa shape index (κ3) is 3.87. The second kappa shape index (κ2) is 8.16. The zero-order valence-electron chi connectivity index (χ0n) is 17.3. The number of Topliss-reactive ketones (excluding diaryl/α,β-unsaturated/α-hetero) is 1. The van der Waals surface area contributed by atoms with E-state index in [0.29, 0.717) is 35.1 Å². The molecule has 0 aliphatic heterocycles. The number of aromatic nitrogens is 4. The summed E-state index contributed by atoms with van der Waals surface area (Å²) in [6, 6.07) is 14.8. The van der Waals surface area contributed by atoms with Crippen molar-refractivity contribution in [2.24, 2.45) is 0 Å². The van der Waals surface area contributed by atoms with Gasteiger partial charge < -0.3 is 0 Å². The molecule has 160 valence electrons. The molecular weight excluding hydrogens is 426 g/mol. The van der Waals surface area contributed by atoms with Crippen LogP contribution in [0.1, 0.15) is 45.1 Å². The maximum atomic E-state index is 12.8. The third-order valence-electron chi connectivity index (χ3n) is 5.62. The maximum Gasteiger partial charge on any atom is 0.269 e. The van der Waals surface area contributed by atoms with E-state index in [-0.39, 0.29) is 17.4 Å². The molecule has 4 aromatic rings. The van der Waals surface area contributed by atoms with Crippen LogP contribution in [0.4, 0.5) is 5.69 Å². The topological polar surface area (TPSA) is 103 Å². The van der Waals surface area contributed by atoms with Crippen molar-refractivity contribution in [2.75, 3.05) is 0 Å². The van der Waals surface area contributed by atoms with Gasteiger partial charge in [-0.05, 0) is 30.4 Å². The SMILES string of the molecule is Cc1cccc(C2CC(=O)c3cnc4nc(SCc5cccc([N+](=O)[O-])c5)nn4c3C2)c1. The Balaban J connectivity index is 1.43. The van der Waals surface area contributed by atoms with Crippen LogP contribution < -0.4 is 0 Å². The molecule has 8 nitrogen and oxygen atoms in total. The zero-order valence-corrected chi connectivity index (χ0v) is 18.1. The van der Waals surface area contributed by atoms with Crippen molar-refractivity contribution in [3.8, 4) is 0 Å². The fraction of sp³-hybridized carbons (Fsp3) is 0.217. The lowest BCUT2D eigenvalue weighted by molar-refractivity contribution is -0.384. The van der Waals surface area contributed by atoms with Gasteiger partial charge in [0.05, 0.1) is 16.2 Å². The minimum absolute atomic E-state index is 0.0579. The molecular formula is C23H19N5O3S. The summed E-state index contributed by atoms with van der Waals surface area (Å²) in [7, 11) is 0. The number of thioether (sulfide) groups is 1. The van der Waals surface area contributed by atoms with Crippen LogP contribution in [0.15, 0.2) is 59.9 Å². The van der Waals surface area contributed by atoms with E-state index in [9.17, 15) is 14.9 Å². The minimum atomic E-state index is -0.408. The van der Waals surface area contributed by atoms with Crippen LogP contribution in [0.3, 0.4) is 0 Å². The van der Waals surface area contributed by atoms with Gasteiger partial charge in [0.25, 0.3) is 11.5 Å². The van der Waals surface area contributed by atoms with E-state index < -0.39 is 4.92 Å². The largest absolute Gasteiger partial charge is 0.294 e. The quantitative estimate of drug-likeness (QED) is 0.252. The van der Waals surface area contributed by atoms with Crippen LogP contribution in [0, 0.1) is 17.0 Å². The molecule has 0 N–H and O–H groups in total. The molecule has 1 aliphatic carbocycles. The van der Waals surface area contributed by atoms with Crippen molar-refractivity contribution in [3.63, 3.8) is 0 Å². The molecule has 2 aromatic carbocycles. The van der Waals surface area contributed by atoms with Crippen LogP contribution in [0.25, 0.3) is 5.78 Å². The second-order valence-electron chi connectivity index (χ2n) is 7.88. The van der Waals surface area contributed by atoms with Crippen molar-refractivity contribution >= 4 is 29.0 Å². The molecule has 9 heteroatoms. The molecule has 0 amide bonds. The molecule has 1 aliphatic rings. The second-order valence-corrected chi connectivity index (χ2v) is 8.83. The number of carbonyl (C=O) groups excluding carboxylic acids is 1. The molecule has 1 unspecified atom stereocenters. The fourth-order valence-electron chi connectivity index (χ4n) is 4.06. The Morgan fingerprint density at radius 1 is 1.19 bits per heavy atom. The Morgan fingerprint density at radius 3 is 2.84 bits per heavy atom. The van der Waals surface area contributed by atoms with Gasteiger partial charge in [-0.25, -0.2) is 4.98 Å². The first-order valence-electron chi connectivity index (χ1n) is 10.2. The molecule has 0 bridgehead atoms. The highest BCUT2D eigenvalue weighted by molar-refractivity contribution is 7.98. The predicted molar refractivity (Wildman–Crippen MR) is 120 cm³/mol. The van der Waals surface area contributed by atoms with E-state index >= 15 is 0 Å². The standard InChI is InChI=1S/C23H19N5O3S/c1-14-4-2-6-16(8-14)17-10-20-19(21(29)11-17)12-24-22-25-23(26-27(20)22)32-13-15-5-3-7-18(9-15)28(30)31/h2-9,12,17H,10-11,13H2,1H3. The Kier molecular flexibility index (Phi) is 5.18. The lowest BCUT2D eigenvalue weighted by Crippen LogP contribution is -2.22. The van der Waals surface area contributed by atoms with Crippen LogP contribution in [-0.2, 0) is 12.2 Å². The summed E-state index contributed by atoms with van der Waals surface area (Å²) in [4.78, 5) is 32.2. The van der Waals surface area contributed by atoms with Gasteiger partial charge in [-0.3, -0.25) is 14.9 Å². The van der Waals surface area contributed by atoms with Crippen molar-refractivity contribution in [1.82, 2.24) is 19.6 Å². The lowest BCUT2D eigenvalue weighted by atomic mass is 9.82.